The molecule has 2 bridgehead atoms. The normalized spacial score (nSPS) is 28.6. The van der Waals surface area contributed by atoms with Gasteiger partial charge in [-0.15, -0.1) is 0 Å². The fourth-order valence-electron chi connectivity index (χ4n) is 3.62. The van der Waals surface area contributed by atoms with Crippen molar-refractivity contribution in [2.24, 2.45) is 23.5 Å². The molecule has 1 heterocycles. The first-order valence-corrected chi connectivity index (χ1v) is 7.42. The second-order valence-corrected chi connectivity index (χ2v) is 6.34. The maximum atomic E-state index is 5.63. The Bertz CT molecular complexity index is 502. The van der Waals surface area contributed by atoms with Gasteiger partial charge in [-0.05, 0) is 50.0 Å². The Kier molecular flexibility index (Phi) is 3.39. The molecule has 1 aromatic heterocycles. The van der Waals surface area contributed by atoms with Crippen LogP contribution in [0.3, 0.4) is 0 Å². The highest BCUT2D eigenvalue weighted by molar-refractivity contribution is 7.80. The van der Waals surface area contributed by atoms with Crippen LogP contribution >= 0.6 is 12.2 Å². The average molecular weight is 276 g/mol. The SMILES string of the molecule is Cc1cc(C(N)=S)nc(NCC2CC3CCC2C3)n1. The number of nitrogens with two attached hydrogens (primary N) is 1. The maximum absolute atomic E-state index is 5.63. The number of thiocarbonyl (C=S) groups is 1. The van der Waals surface area contributed by atoms with Gasteiger partial charge in [0, 0.05) is 12.2 Å². The number of nitrogens with zero attached hydrogens (tertiary/aromatic N) is 2. The number of rotatable bonds is 4. The molecular weight excluding hydrogens is 256 g/mol. The number of aromatic nitrogens is 2. The van der Waals surface area contributed by atoms with Gasteiger partial charge in [-0.1, -0.05) is 18.6 Å². The molecule has 2 aliphatic rings. The topological polar surface area (TPSA) is 63.8 Å². The summed E-state index contributed by atoms with van der Waals surface area (Å²) in [6.07, 6.45) is 5.64. The molecule has 3 rings (SSSR count). The summed E-state index contributed by atoms with van der Waals surface area (Å²) in [5.41, 5.74) is 7.18. The predicted octanol–water partition coefficient (Wildman–Crippen LogP) is 2.27. The predicted molar refractivity (Wildman–Crippen MR) is 80.1 cm³/mol. The molecule has 0 aliphatic heterocycles. The Morgan fingerprint density at radius 3 is 2.89 bits per heavy atom. The van der Waals surface area contributed by atoms with Gasteiger partial charge >= 0.3 is 0 Å². The lowest BCUT2D eigenvalue weighted by atomic mass is 9.89. The monoisotopic (exact) mass is 276 g/mol. The van der Waals surface area contributed by atoms with Crippen LogP contribution < -0.4 is 11.1 Å². The van der Waals surface area contributed by atoms with Crippen LogP contribution in [0.5, 0.6) is 0 Å². The van der Waals surface area contributed by atoms with Crippen LogP contribution in [0.15, 0.2) is 6.07 Å². The minimum Gasteiger partial charge on any atom is -0.388 e. The van der Waals surface area contributed by atoms with Crippen LogP contribution in [0.25, 0.3) is 0 Å². The smallest absolute Gasteiger partial charge is 0.223 e. The van der Waals surface area contributed by atoms with Crippen molar-refractivity contribution in [2.45, 2.75) is 32.6 Å². The molecule has 0 radical (unpaired) electrons. The first-order chi connectivity index (χ1) is 9.11. The van der Waals surface area contributed by atoms with Crippen LogP contribution in [0.1, 0.15) is 37.1 Å². The van der Waals surface area contributed by atoms with E-state index in [2.05, 4.69) is 15.3 Å². The minimum atomic E-state index is 0.327. The Balaban J connectivity index is 1.65. The lowest BCUT2D eigenvalue weighted by Crippen LogP contribution is -2.22. The fraction of sp³-hybridized carbons (Fsp3) is 0.643. The molecule has 2 fully saturated rings. The van der Waals surface area contributed by atoms with Crippen molar-refractivity contribution < 1.29 is 0 Å². The summed E-state index contributed by atoms with van der Waals surface area (Å²) in [7, 11) is 0. The van der Waals surface area contributed by atoms with E-state index in [9.17, 15) is 0 Å². The average Bonchev–Trinajstić information content (AvgIpc) is 2.97. The van der Waals surface area contributed by atoms with Crippen molar-refractivity contribution in [3.63, 3.8) is 0 Å². The highest BCUT2D eigenvalue weighted by Crippen LogP contribution is 2.48. The molecule has 3 atom stereocenters. The van der Waals surface area contributed by atoms with Gasteiger partial charge in [0.25, 0.3) is 0 Å². The summed E-state index contributed by atoms with van der Waals surface area (Å²) < 4.78 is 0. The zero-order valence-electron chi connectivity index (χ0n) is 11.2. The number of nitrogens with one attached hydrogen (secondary N) is 1. The maximum Gasteiger partial charge on any atom is 0.223 e. The van der Waals surface area contributed by atoms with Gasteiger partial charge in [-0.3, -0.25) is 0 Å². The second-order valence-electron chi connectivity index (χ2n) is 5.90. The van der Waals surface area contributed by atoms with E-state index in [0.717, 1.165) is 30.0 Å². The molecule has 0 aromatic carbocycles. The van der Waals surface area contributed by atoms with Crippen LogP contribution in [0, 0.1) is 24.7 Å². The van der Waals surface area contributed by atoms with Gasteiger partial charge in [-0.2, -0.15) is 0 Å². The summed E-state index contributed by atoms with van der Waals surface area (Å²) in [4.78, 5) is 9.10. The van der Waals surface area contributed by atoms with Gasteiger partial charge in [0.05, 0.1) is 0 Å². The third-order valence-electron chi connectivity index (χ3n) is 4.51. The minimum absolute atomic E-state index is 0.327. The summed E-state index contributed by atoms with van der Waals surface area (Å²) in [6.45, 7) is 2.91. The largest absolute Gasteiger partial charge is 0.388 e. The fourth-order valence-corrected chi connectivity index (χ4v) is 3.73. The molecule has 4 nitrogen and oxygen atoms in total. The van der Waals surface area contributed by atoms with Gasteiger partial charge in [0.15, 0.2) is 0 Å². The summed E-state index contributed by atoms with van der Waals surface area (Å²) in [6, 6.07) is 1.82. The third kappa shape index (κ3) is 2.71. The first-order valence-electron chi connectivity index (χ1n) is 7.01. The van der Waals surface area contributed by atoms with Crippen molar-refractivity contribution in [2.75, 3.05) is 11.9 Å². The highest BCUT2D eigenvalue weighted by atomic mass is 32.1. The molecular formula is C14H20N4S. The van der Waals surface area contributed by atoms with Gasteiger partial charge in [0.1, 0.15) is 10.7 Å². The van der Waals surface area contributed by atoms with E-state index < -0.39 is 0 Å². The van der Waals surface area contributed by atoms with Crippen molar-refractivity contribution in [1.82, 2.24) is 9.97 Å². The van der Waals surface area contributed by atoms with Crippen LogP contribution in [-0.2, 0) is 0 Å². The molecule has 5 heteroatoms. The Hall–Kier alpha value is -1.23. The molecule has 102 valence electrons. The summed E-state index contributed by atoms with van der Waals surface area (Å²) in [5, 5.41) is 3.37. The quantitative estimate of drug-likeness (QED) is 0.826. The van der Waals surface area contributed by atoms with Crippen LogP contribution in [-0.4, -0.2) is 21.5 Å². The lowest BCUT2D eigenvalue weighted by Gasteiger charge is -2.21. The summed E-state index contributed by atoms with van der Waals surface area (Å²) >= 11 is 4.98. The van der Waals surface area contributed by atoms with E-state index in [0.29, 0.717) is 16.6 Å². The molecule has 2 aliphatic carbocycles. The van der Waals surface area contributed by atoms with Gasteiger partial charge in [0.2, 0.25) is 5.95 Å². The number of aryl methyl sites for hydroxylation is 1. The zero-order valence-corrected chi connectivity index (χ0v) is 12.0. The van der Waals surface area contributed by atoms with Gasteiger partial charge < -0.3 is 11.1 Å². The van der Waals surface area contributed by atoms with E-state index in [-0.39, 0.29) is 0 Å². The molecule has 19 heavy (non-hydrogen) atoms. The van der Waals surface area contributed by atoms with Crippen LogP contribution in [0.4, 0.5) is 5.95 Å². The molecule has 0 saturated heterocycles. The van der Waals surface area contributed by atoms with E-state index in [1.54, 1.807) is 0 Å². The van der Waals surface area contributed by atoms with E-state index in [1.807, 2.05) is 13.0 Å². The number of hydrogen-bond donors (Lipinski definition) is 2. The number of hydrogen-bond acceptors (Lipinski definition) is 4. The molecule has 2 saturated carbocycles. The lowest BCUT2D eigenvalue weighted by molar-refractivity contribution is 0.348. The highest BCUT2D eigenvalue weighted by Gasteiger charge is 2.39. The molecule has 3 unspecified atom stereocenters. The molecule has 0 spiro atoms. The molecule has 3 N–H and O–H groups in total. The molecule has 0 amide bonds. The standard InChI is InChI=1S/C14H20N4S/c1-8-4-12(13(15)19)18-14(17-8)16-7-11-6-9-2-3-10(11)5-9/h4,9-11H,2-3,5-7H2,1H3,(H2,15,19)(H,16,17,18). The van der Waals surface area contributed by atoms with E-state index >= 15 is 0 Å². The zero-order chi connectivity index (χ0) is 13.4. The van der Waals surface area contributed by atoms with Crippen molar-refractivity contribution in [3.8, 4) is 0 Å². The summed E-state index contributed by atoms with van der Waals surface area (Å²) in [5.74, 6) is 3.33. The Morgan fingerprint density at radius 1 is 1.42 bits per heavy atom. The first kappa shape index (κ1) is 12.8. The Labute approximate surface area is 119 Å². The van der Waals surface area contributed by atoms with E-state index in [1.165, 1.54) is 25.7 Å². The molecule has 1 aromatic rings. The Morgan fingerprint density at radius 2 is 2.26 bits per heavy atom. The number of fused-ring (bicyclic) bond motifs is 2. The van der Waals surface area contributed by atoms with Crippen molar-refractivity contribution in [1.29, 1.82) is 0 Å². The van der Waals surface area contributed by atoms with E-state index in [4.69, 9.17) is 18.0 Å². The second kappa shape index (κ2) is 5.04. The van der Waals surface area contributed by atoms with Gasteiger partial charge in [-0.25, -0.2) is 9.97 Å². The van der Waals surface area contributed by atoms with Crippen molar-refractivity contribution in [3.05, 3.63) is 17.5 Å². The van der Waals surface area contributed by atoms with Crippen molar-refractivity contribution >= 4 is 23.2 Å². The third-order valence-corrected chi connectivity index (χ3v) is 4.72. The number of anilines is 1. The van der Waals surface area contributed by atoms with Crippen LogP contribution in [0.2, 0.25) is 0 Å².